The molecule has 0 unspecified atom stereocenters. The van der Waals surface area contributed by atoms with Crippen LogP contribution in [0.2, 0.25) is 0 Å². The zero-order valence-electron chi connectivity index (χ0n) is 13.7. The number of benzene rings is 1. The first-order valence-corrected chi connectivity index (χ1v) is 8.20. The van der Waals surface area contributed by atoms with Crippen molar-refractivity contribution < 1.29 is 19.1 Å². The molecule has 4 amide bonds. The van der Waals surface area contributed by atoms with E-state index in [1.54, 1.807) is 24.3 Å². The third kappa shape index (κ3) is 3.26. The van der Waals surface area contributed by atoms with E-state index in [0.29, 0.717) is 24.5 Å². The van der Waals surface area contributed by atoms with Crippen LogP contribution in [-0.2, 0) is 9.53 Å². The fraction of sp³-hybridized carbons (Fsp3) is 0.471. The minimum Gasteiger partial charge on any atom is -0.380 e. The average molecular weight is 331 g/mol. The topological polar surface area (TPSA) is 79.0 Å². The average Bonchev–Trinajstić information content (AvgIpc) is 3.18. The first-order chi connectivity index (χ1) is 11.6. The van der Waals surface area contributed by atoms with Crippen molar-refractivity contribution in [2.45, 2.75) is 25.8 Å². The molecule has 7 heteroatoms. The van der Waals surface area contributed by atoms with E-state index in [2.05, 4.69) is 5.32 Å². The SMILES string of the molecule is CCOC[C@H]1CCCN1C(=O)c1ccc(N2CC(=O)NC2=O)cc1. The van der Waals surface area contributed by atoms with Gasteiger partial charge in [0.1, 0.15) is 6.54 Å². The van der Waals surface area contributed by atoms with Gasteiger partial charge in [-0.15, -0.1) is 0 Å². The van der Waals surface area contributed by atoms with E-state index in [1.165, 1.54) is 4.90 Å². The zero-order chi connectivity index (χ0) is 17.1. The Balaban J connectivity index is 1.70. The lowest BCUT2D eigenvalue weighted by Crippen LogP contribution is -2.38. The lowest BCUT2D eigenvalue weighted by atomic mass is 10.1. The number of nitrogens with one attached hydrogen (secondary N) is 1. The summed E-state index contributed by atoms with van der Waals surface area (Å²) in [7, 11) is 0. The molecule has 2 fully saturated rings. The number of carbonyl (C=O) groups excluding carboxylic acids is 3. The monoisotopic (exact) mass is 331 g/mol. The van der Waals surface area contributed by atoms with Crippen molar-refractivity contribution in [3.8, 4) is 0 Å². The van der Waals surface area contributed by atoms with Crippen molar-refractivity contribution in [2.24, 2.45) is 0 Å². The van der Waals surface area contributed by atoms with Gasteiger partial charge < -0.3 is 9.64 Å². The van der Waals surface area contributed by atoms with Gasteiger partial charge in [0.05, 0.1) is 12.6 Å². The highest BCUT2D eigenvalue weighted by atomic mass is 16.5. The minimum absolute atomic E-state index is 0.00861. The van der Waals surface area contributed by atoms with Crippen molar-refractivity contribution in [1.29, 1.82) is 0 Å². The normalized spacial score (nSPS) is 20.6. The second-order valence-corrected chi connectivity index (χ2v) is 5.94. The summed E-state index contributed by atoms with van der Waals surface area (Å²) in [5, 5.41) is 2.23. The summed E-state index contributed by atoms with van der Waals surface area (Å²) in [6.45, 7) is 3.90. The minimum atomic E-state index is -0.435. The van der Waals surface area contributed by atoms with Gasteiger partial charge in [-0.1, -0.05) is 0 Å². The third-order valence-electron chi connectivity index (χ3n) is 4.37. The van der Waals surface area contributed by atoms with Crippen LogP contribution in [0.3, 0.4) is 0 Å². The van der Waals surface area contributed by atoms with Gasteiger partial charge in [0.25, 0.3) is 5.91 Å². The van der Waals surface area contributed by atoms with Gasteiger partial charge in [-0.2, -0.15) is 0 Å². The van der Waals surface area contributed by atoms with E-state index in [4.69, 9.17) is 4.74 Å². The molecule has 2 heterocycles. The molecule has 0 bridgehead atoms. The van der Waals surface area contributed by atoms with Crippen LogP contribution in [0.25, 0.3) is 0 Å². The largest absolute Gasteiger partial charge is 0.380 e. The van der Waals surface area contributed by atoms with E-state index in [-0.39, 0.29) is 24.4 Å². The molecule has 1 aromatic rings. The van der Waals surface area contributed by atoms with Crippen molar-refractivity contribution in [1.82, 2.24) is 10.2 Å². The number of likely N-dealkylation sites (tertiary alicyclic amines) is 1. The summed E-state index contributed by atoms with van der Waals surface area (Å²) in [5.74, 6) is -0.346. The Morgan fingerprint density at radius 1 is 1.29 bits per heavy atom. The van der Waals surface area contributed by atoms with Gasteiger partial charge in [-0.3, -0.25) is 19.8 Å². The molecule has 128 valence electrons. The quantitative estimate of drug-likeness (QED) is 0.827. The molecule has 1 atom stereocenters. The third-order valence-corrected chi connectivity index (χ3v) is 4.37. The van der Waals surface area contributed by atoms with E-state index >= 15 is 0 Å². The number of urea groups is 1. The predicted octanol–water partition coefficient (Wildman–Crippen LogP) is 1.38. The van der Waals surface area contributed by atoms with E-state index in [1.807, 2.05) is 11.8 Å². The number of hydrogen-bond acceptors (Lipinski definition) is 4. The molecule has 1 N–H and O–H groups in total. The highest BCUT2D eigenvalue weighted by Gasteiger charge is 2.30. The van der Waals surface area contributed by atoms with E-state index < -0.39 is 6.03 Å². The first kappa shape index (κ1) is 16.4. The summed E-state index contributed by atoms with van der Waals surface area (Å²) in [6.07, 6.45) is 1.94. The summed E-state index contributed by atoms with van der Waals surface area (Å²) in [6, 6.07) is 6.47. The molecular weight excluding hydrogens is 310 g/mol. The number of hydrogen-bond donors (Lipinski definition) is 1. The highest BCUT2D eigenvalue weighted by molar-refractivity contribution is 6.12. The van der Waals surface area contributed by atoms with Gasteiger partial charge in [0, 0.05) is 24.4 Å². The molecule has 7 nitrogen and oxygen atoms in total. The molecule has 0 radical (unpaired) electrons. The maximum atomic E-state index is 12.7. The van der Waals surface area contributed by atoms with Crippen molar-refractivity contribution >= 4 is 23.5 Å². The Kier molecular flexibility index (Phi) is 4.80. The number of nitrogens with zero attached hydrogens (tertiary/aromatic N) is 2. The number of amides is 4. The predicted molar refractivity (Wildman–Crippen MR) is 87.9 cm³/mol. The maximum Gasteiger partial charge on any atom is 0.329 e. The molecule has 0 aromatic heterocycles. The Hall–Kier alpha value is -2.41. The molecule has 0 aliphatic carbocycles. The van der Waals surface area contributed by atoms with Crippen LogP contribution in [0.1, 0.15) is 30.1 Å². The summed E-state index contributed by atoms with van der Waals surface area (Å²) < 4.78 is 5.47. The fourth-order valence-electron chi connectivity index (χ4n) is 3.13. The zero-order valence-corrected chi connectivity index (χ0v) is 13.7. The second kappa shape index (κ2) is 7.00. The molecule has 2 aliphatic rings. The molecule has 2 saturated heterocycles. The van der Waals surface area contributed by atoms with Gasteiger partial charge in [0.2, 0.25) is 5.91 Å². The summed E-state index contributed by atoms with van der Waals surface area (Å²) in [4.78, 5) is 38.8. The Morgan fingerprint density at radius 3 is 2.67 bits per heavy atom. The van der Waals surface area contributed by atoms with Crippen LogP contribution < -0.4 is 10.2 Å². The van der Waals surface area contributed by atoms with Crippen LogP contribution >= 0.6 is 0 Å². The molecule has 24 heavy (non-hydrogen) atoms. The standard InChI is InChI=1S/C17H21N3O4/c1-2-24-11-14-4-3-9-19(14)16(22)12-5-7-13(8-6-12)20-10-15(21)18-17(20)23/h5-8,14H,2-4,9-11H2,1H3,(H,18,21,23)/t14-/m1/s1. The van der Waals surface area contributed by atoms with Crippen molar-refractivity contribution in [2.75, 3.05) is 31.2 Å². The number of rotatable bonds is 5. The van der Waals surface area contributed by atoms with Gasteiger partial charge >= 0.3 is 6.03 Å². The molecule has 3 rings (SSSR count). The molecule has 0 spiro atoms. The smallest absolute Gasteiger partial charge is 0.329 e. The molecular formula is C17H21N3O4. The lowest BCUT2D eigenvalue weighted by molar-refractivity contribution is -0.117. The maximum absolute atomic E-state index is 12.7. The van der Waals surface area contributed by atoms with Crippen LogP contribution in [0, 0.1) is 0 Å². The van der Waals surface area contributed by atoms with Gasteiger partial charge in [-0.25, -0.2) is 4.79 Å². The van der Waals surface area contributed by atoms with Gasteiger partial charge in [-0.05, 0) is 44.0 Å². The Morgan fingerprint density at radius 2 is 2.04 bits per heavy atom. The summed E-state index contributed by atoms with van der Waals surface area (Å²) in [5.41, 5.74) is 1.18. The van der Waals surface area contributed by atoms with Crippen LogP contribution in [0.5, 0.6) is 0 Å². The first-order valence-electron chi connectivity index (χ1n) is 8.20. The van der Waals surface area contributed by atoms with Crippen LogP contribution in [0.15, 0.2) is 24.3 Å². The van der Waals surface area contributed by atoms with E-state index in [0.717, 1.165) is 19.4 Å². The fourth-order valence-corrected chi connectivity index (χ4v) is 3.13. The second-order valence-electron chi connectivity index (χ2n) is 5.94. The molecule has 2 aliphatic heterocycles. The highest BCUT2D eigenvalue weighted by Crippen LogP contribution is 2.23. The van der Waals surface area contributed by atoms with Crippen molar-refractivity contribution in [3.63, 3.8) is 0 Å². The molecule has 0 saturated carbocycles. The number of ether oxygens (including phenoxy) is 1. The number of anilines is 1. The van der Waals surface area contributed by atoms with Gasteiger partial charge in [0.15, 0.2) is 0 Å². The molecule has 1 aromatic carbocycles. The lowest BCUT2D eigenvalue weighted by Gasteiger charge is -2.24. The Bertz CT molecular complexity index is 644. The number of imide groups is 1. The van der Waals surface area contributed by atoms with Crippen LogP contribution in [-0.4, -0.2) is 55.1 Å². The van der Waals surface area contributed by atoms with Crippen molar-refractivity contribution in [3.05, 3.63) is 29.8 Å². The number of carbonyl (C=O) groups is 3. The Labute approximate surface area is 140 Å². The van der Waals surface area contributed by atoms with Crippen LogP contribution in [0.4, 0.5) is 10.5 Å². The van der Waals surface area contributed by atoms with E-state index in [9.17, 15) is 14.4 Å². The summed E-state index contributed by atoms with van der Waals surface area (Å²) >= 11 is 0.